The summed E-state index contributed by atoms with van der Waals surface area (Å²) in [7, 11) is 4.00. The molecule has 0 spiro atoms. The average Bonchev–Trinajstić information content (AvgIpc) is 3.09. The van der Waals surface area contributed by atoms with Crippen LogP contribution >= 0.6 is 0 Å². The summed E-state index contributed by atoms with van der Waals surface area (Å²) in [4.78, 5) is 11.4. The van der Waals surface area contributed by atoms with Crippen LogP contribution in [0.15, 0.2) is 35.3 Å². The van der Waals surface area contributed by atoms with Crippen molar-refractivity contribution in [2.24, 2.45) is 4.99 Å². The zero-order valence-corrected chi connectivity index (χ0v) is 17.5. The van der Waals surface area contributed by atoms with E-state index in [0.717, 1.165) is 56.5 Å². The minimum absolute atomic E-state index is 0.166. The topological polar surface area (TPSA) is 70.4 Å². The standard InChI is InChI=1S/C21H33N7/c1-16(27(4)15-18-9-6-5-7-10-18)12-13-23-21(22-3)25-19-11-8-14-28-20(19)24-17(2)26-28/h5-7,9-10,16,19H,8,11-15H2,1-4H3,(H2,22,23,25). The van der Waals surface area contributed by atoms with Crippen molar-refractivity contribution in [3.05, 3.63) is 47.5 Å². The van der Waals surface area contributed by atoms with E-state index in [0.29, 0.717) is 6.04 Å². The van der Waals surface area contributed by atoms with E-state index in [1.54, 1.807) is 0 Å². The van der Waals surface area contributed by atoms with Crippen LogP contribution in [0.3, 0.4) is 0 Å². The van der Waals surface area contributed by atoms with E-state index in [2.05, 4.69) is 74.9 Å². The summed E-state index contributed by atoms with van der Waals surface area (Å²) in [6.45, 7) is 7.01. The van der Waals surface area contributed by atoms with Gasteiger partial charge in [0.15, 0.2) is 5.96 Å². The Kier molecular flexibility index (Phi) is 7.03. The second kappa shape index (κ2) is 9.68. The summed E-state index contributed by atoms with van der Waals surface area (Å²) in [6, 6.07) is 11.3. The number of hydrogen-bond acceptors (Lipinski definition) is 4. The van der Waals surface area contributed by atoms with Gasteiger partial charge >= 0.3 is 0 Å². The number of rotatable bonds is 7. The lowest BCUT2D eigenvalue weighted by molar-refractivity contribution is 0.238. The summed E-state index contributed by atoms with van der Waals surface area (Å²) in [6.07, 6.45) is 3.20. The monoisotopic (exact) mass is 383 g/mol. The van der Waals surface area contributed by atoms with Gasteiger partial charge in [-0.1, -0.05) is 30.3 Å². The SMILES string of the molecule is CN=C(NCCC(C)N(C)Cc1ccccc1)NC1CCCn2nc(C)nc21. The van der Waals surface area contributed by atoms with Gasteiger partial charge < -0.3 is 10.6 Å². The van der Waals surface area contributed by atoms with Crippen molar-refractivity contribution in [2.75, 3.05) is 20.6 Å². The fraction of sp³-hybridized carbons (Fsp3) is 0.571. The lowest BCUT2D eigenvalue weighted by atomic mass is 10.1. The van der Waals surface area contributed by atoms with Gasteiger partial charge in [0.2, 0.25) is 0 Å². The van der Waals surface area contributed by atoms with Gasteiger partial charge in [0, 0.05) is 32.7 Å². The van der Waals surface area contributed by atoms with Crippen molar-refractivity contribution in [3.63, 3.8) is 0 Å². The number of nitrogens with zero attached hydrogens (tertiary/aromatic N) is 5. The summed E-state index contributed by atoms with van der Waals surface area (Å²) >= 11 is 0. The first-order valence-electron chi connectivity index (χ1n) is 10.2. The molecular formula is C21H33N7. The van der Waals surface area contributed by atoms with Gasteiger partial charge in [-0.2, -0.15) is 5.10 Å². The molecule has 1 aromatic carbocycles. The number of benzene rings is 1. The fourth-order valence-electron chi connectivity index (χ4n) is 3.61. The summed E-state index contributed by atoms with van der Waals surface area (Å²) in [5.41, 5.74) is 1.35. The molecule has 0 aliphatic carbocycles. The van der Waals surface area contributed by atoms with Crippen LogP contribution in [0.4, 0.5) is 0 Å². The smallest absolute Gasteiger partial charge is 0.191 e. The van der Waals surface area contributed by atoms with E-state index in [9.17, 15) is 0 Å². The molecule has 152 valence electrons. The molecule has 1 aromatic heterocycles. The Morgan fingerprint density at radius 1 is 1.36 bits per heavy atom. The van der Waals surface area contributed by atoms with Gasteiger partial charge in [-0.3, -0.25) is 9.89 Å². The number of nitrogens with one attached hydrogen (secondary N) is 2. The lowest BCUT2D eigenvalue weighted by Gasteiger charge is -2.27. The minimum Gasteiger partial charge on any atom is -0.356 e. The molecule has 0 fully saturated rings. The summed E-state index contributed by atoms with van der Waals surface area (Å²) in [5.74, 6) is 2.68. The maximum atomic E-state index is 4.59. The van der Waals surface area contributed by atoms with E-state index >= 15 is 0 Å². The third-order valence-electron chi connectivity index (χ3n) is 5.40. The second-order valence-corrected chi connectivity index (χ2v) is 7.62. The van der Waals surface area contributed by atoms with Gasteiger partial charge in [-0.05, 0) is 45.7 Å². The first-order chi connectivity index (χ1) is 13.6. The zero-order valence-electron chi connectivity index (χ0n) is 17.5. The van der Waals surface area contributed by atoms with E-state index in [1.807, 2.05) is 18.7 Å². The van der Waals surface area contributed by atoms with E-state index in [1.165, 1.54) is 5.56 Å². The Hall–Kier alpha value is -2.41. The Labute approximate surface area is 168 Å². The van der Waals surface area contributed by atoms with Crippen molar-refractivity contribution >= 4 is 5.96 Å². The van der Waals surface area contributed by atoms with Gasteiger partial charge in [0.1, 0.15) is 11.6 Å². The number of fused-ring (bicyclic) bond motifs is 1. The maximum Gasteiger partial charge on any atom is 0.191 e. The predicted octanol–water partition coefficient (Wildman–Crippen LogP) is 2.50. The Balaban J connectivity index is 1.46. The third kappa shape index (κ3) is 5.32. The lowest BCUT2D eigenvalue weighted by Crippen LogP contribution is -2.43. The largest absolute Gasteiger partial charge is 0.356 e. The minimum atomic E-state index is 0.166. The molecule has 2 heterocycles. The van der Waals surface area contributed by atoms with Crippen molar-refractivity contribution in [1.82, 2.24) is 30.3 Å². The zero-order chi connectivity index (χ0) is 19.9. The number of guanidine groups is 1. The van der Waals surface area contributed by atoms with Crippen LogP contribution in [0.1, 0.15) is 49.4 Å². The first kappa shape index (κ1) is 20.3. The molecule has 7 nitrogen and oxygen atoms in total. The van der Waals surface area contributed by atoms with Crippen LogP contribution < -0.4 is 10.6 Å². The van der Waals surface area contributed by atoms with Crippen molar-refractivity contribution in [2.45, 2.75) is 58.3 Å². The van der Waals surface area contributed by atoms with Gasteiger partial charge in [0.25, 0.3) is 0 Å². The third-order valence-corrected chi connectivity index (χ3v) is 5.40. The van der Waals surface area contributed by atoms with E-state index < -0.39 is 0 Å². The summed E-state index contributed by atoms with van der Waals surface area (Å²) < 4.78 is 2.02. The molecule has 2 atom stereocenters. The second-order valence-electron chi connectivity index (χ2n) is 7.62. The van der Waals surface area contributed by atoms with Crippen molar-refractivity contribution in [3.8, 4) is 0 Å². The Morgan fingerprint density at radius 2 is 2.14 bits per heavy atom. The van der Waals surface area contributed by atoms with Crippen LogP contribution in [0.2, 0.25) is 0 Å². The number of aromatic nitrogens is 3. The van der Waals surface area contributed by atoms with E-state index in [-0.39, 0.29) is 6.04 Å². The predicted molar refractivity (Wildman–Crippen MR) is 113 cm³/mol. The molecule has 1 aliphatic rings. The highest BCUT2D eigenvalue weighted by atomic mass is 15.4. The van der Waals surface area contributed by atoms with Gasteiger partial charge in [-0.25, -0.2) is 9.67 Å². The van der Waals surface area contributed by atoms with Gasteiger partial charge in [0.05, 0.1) is 6.04 Å². The van der Waals surface area contributed by atoms with Gasteiger partial charge in [-0.15, -0.1) is 0 Å². The first-order valence-corrected chi connectivity index (χ1v) is 10.2. The van der Waals surface area contributed by atoms with Crippen molar-refractivity contribution < 1.29 is 0 Å². The normalized spacial score (nSPS) is 18.0. The summed E-state index contributed by atoms with van der Waals surface area (Å²) in [5, 5.41) is 11.5. The Bertz CT molecular complexity index is 768. The maximum absolute atomic E-state index is 4.59. The van der Waals surface area contributed by atoms with Crippen LogP contribution in [0, 0.1) is 6.92 Å². The highest BCUT2D eigenvalue weighted by Gasteiger charge is 2.24. The molecule has 0 saturated carbocycles. The van der Waals surface area contributed by atoms with Crippen LogP contribution in [0.5, 0.6) is 0 Å². The van der Waals surface area contributed by atoms with Crippen LogP contribution in [0.25, 0.3) is 0 Å². The molecule has 28 heavy (non-hydrogen) atoms. The fourth-order valence-corrected chi connectivity index (χ4v) is 3.61. The van der Waals surface area contributed by atoms with E-state index in [4.69, 9.17) is 0 Å². The molecule has 0 bridgehead atoms. The number of hydrogen-bond donors (Lipinski definition) is 2. The molecule has 1 aliphatic heterocycles. The van der Waals surface area contributed by atoms with Crippen LogP contribution in [-0.2, 0) is 13.1 Å². The Morgan fingerprint density at radius 3 is 2.89 bits per heavy atom. The average molecular weight is 384 g/mol. The highest BCUT2D eigenvalue weighted by Crippen LogP contribution is 2.22. The van der Waals surface area contributed by atoms with Crippen LogP contribution in [-0.4, -0.2) is 52.3 Å². The number of aliphatic imine (C=N–C) groups is 1. The molecule has 2 N–H and O–H groups in total. The molecule has 0 amide bonds. The molecular weight excluding hydrogens is 350 g/mol. The molecule has 3 rings (SSSR count). The quantitative estimate of drug-likeness (QED) is 0.568. The van der Waals surface area contributed by atoms with Crippen molar-refractivity contribution in [1.29, 1.82) is 0 Å². The molecule has 0 saturated heterocycles. The highest BCUT2D eigenvalue weighted by molar-refractivity contribution is 5.80. The molecule has 7 heteroatoms. The molecule has 2 aromatic rings. The number of aryl methyl sites for hydroxylation is 2. The molecule has 0 radical (unpaired) electrons. The molecule has 2 unspecified atom stereocenters.